The van der Waals surface area contributed by atoms with E-state index in [-0.39, 0.29) is 18.3 Å². The van der Waals surface area contributed by atoms with Gasteiger partial charge in [0.2, 0.25) is 5.91 Å². The van der Waals surface area contributed by atoms with E-state index in [0.29, 0.717) is 18.5 Å². The Bertz CT molecular complexity index is 661. The summed E-state index contributed by atoms with van der Waals surface area (Å²) in [6, 6.07) is 12.4. The van der Waals surface area contributed by atoms with Crippen LogP contribution in [0, 0.1) is 12.7 Å². The largest absolute Gasteiger partial charge is 0.376 e. The molecule has 0 saturated carbocycles. The van der Waals surface area contributed by atoms with Crippen LogP contribution in [0.2, 0.25) is 0 Å². The van der Waals surface area contributed by atoms with Gasteiger partial charge in [0, 0.05) is 16.7 Å². The maximum Gasteiger partial charge on any atom is 0.239 e. The first-order valence-electron chi connectivity index (χ1n) is 7.06. The summed E-state index contributed by atoms with van der Waals surface area (Å²) < 4.78 is 14.4. The number of aryl methyl sites for hydroxylation is 1. The van der Waals surface area contributed by atoms with Crippen LogP contribution in [-0.4, -0.2) is 19.0 Å². The van der Waals surface area contributed by atoms with Crippen LogP contribution in [0.4, 0.5) is 10.1 Å². The second kappa shape index (κ2) is 7.94. The van der Waals surface area contributed by atoms with Gasteiger partial charge in [-0.15, -0.1) is 0 Å². The second-order valence-corrected chi connectivity index (χ2v) is 5.86. The maximum absolute atomic E-state index is 13.4. The second-order valence-electron chi connectivity index (χ2n) is 5.01. The van der Waals surface area contributed by atoms with Crippen molar-refractivity contribution in [3.8, 4) is 0 Å². The molecule has 2 aromatic carbocycles. The number of halogens is 2. The molecule has 0 aliphatic carbocycles. The van der Waals surface area contributed by atoms with Crippen LogP contribution in [0.5, 0.6) is 0 Å². The monoisotopic (exact) mass is 364 g/mol. The third-order valence-electron chi connectivity index (χ3n) is 3.30. The minimum absolute atomic E-state index is 0.118. The Morgan fingerprint density at radius 3 is 2.73 bits per heavy atom. The Morgan fingerprint density at radius 2 is 2.00 bits per heavy atom. The van der Waals surface area contributed by atoms with E-state index in [0.717, 1.165) is 15.7 Å². The molecule has 0 aromatic heterocycles. The molecule has 0 atom stereocenters. The summed E-state index contributed by atoms with van der Waals surface area (Å²) in [6.45, 7) is 2.61. The number of benzene rings is 2. The molecule has 2 aromatic rings. The number of nitrogens with one attached hydrogen (secondary N) is 2. The molecule has 1 amide bonds. The Kier molecular flexibility index (Phi) is 5.95. The number of hydrogen-bond acceptors (Lipinski definition) is 2. The molecule has 0 unspecified atom stereocenters. The van der Waals surface area contributed by atoms with Crippen molar-refractivity contribution in [2.45, 2.75) is 13.3 Å². The van der Waals surface area contributed by atoms with Gasteiger partial charge < -0.3 is 10.6 Å². The lowest BCUT2D eigenvalue weighted by molar-refractivity contribution is -0.119. The number of carbonyl (C=O) groups excluding carboxylic acids is 1. The lowest BCUT2D eigenvalue weighted by Gasteiger charge is -2.09. The lowest BCUT2D eigenvalue weighted by atomic mass is 10.1. The lowest BCUT2D eigenvalue weighted by Crippen LogP contribution is -2.31. The van der Waals surface area contributed by atoms with Crippen LogP contribution in [0.1, 0.15) is 11.1 Å². The summed E-state index contributed by atoms with van der Waals surface area (Å²) in [7, 11) is 0. The smallest absolute Gasteiger partial charge is 0.239 e. The molecule has 3 nitrogen and oxygen atoms in total. The molecule has 0 aliphatic heterocycles. The molecule has 0 spiro atoms. The topological polar surface area (TPSA) is 41.1 Å². The molecule has 0 bridgehead atoms. The highest BCUT2D eigenvalue weighted by molar-refractivity contribution is 9.10. The number of amides is 1. The SMILES string of the molecule is Cc1ccc(NCC(=O)NCCc2ccccc2F)cc1Br. The average molecular weight is 365 g/mol. The zero-order valence-corrected chi connectivity index (χ0v) is 13.9. The van der Waals surface area contributed by atoms with Crippen molar-refractivity contribution < 1.29 is 9.18 Å². The van der Waals surface area contributed by atoms with Gasteiger partial charge in [0.25, 0.3) is 0 Å². The van der Waals surface area contributed by atoms with Gasteiger partial charge in [-0.05, 0) is 42.7 Å². The van der Waals surface area contributed by atoms with Gasteiger partial charge in [-0.3, -0.25) is 4.79 Å². The summed E-state index contributed by atoms with van der Waals surface area (Å²) in [5.74, 6) is -0.354. The quantitative estimate of drug-likeness (QED) is 0.820. The molecule has 5 heteroatoms. The fourth-order valence-electron chi connectivity index (χ4n) is 1.99. The molecule has 0 heterocycles. The van der Waals surface area contributed by atoms with Crippen LogP contribution in [0.3, 0.4) is 0 Å². The van der Waals surface area contributed by atoms with Crippen molar-refractivity contribution in [2.75, 3.05) is 18.4 Å². The molecular weight excluding hydrogens is 347 g/mol. The summed E-state index contributed by atoms with van der Waals surface area (Å²) in [4.78, 5) is 11.8. The Hall–Kier alpha value is -1.88. The van der Waals surface area contributed by atoms with E-state index in [1.165, 1.54) is 6.07 Å². The number of rotatable bonds is 6. The highest BCUT2D eigenvalue weighted by atomic mass is 79.9. The minimum Gasteiger partial charge on any atom is -0.376 e. The molecule has 116 valence electrons. The third kappa shape index (κ3) is 4.84. The number of carbonyl (C=O) groups is 1. The Balaban J connectivity index is 1.74. The van der Waals surface area contributed by atoms with Crippen molar-refractivity contribution >= 4 is 27.5 Å². The minimum atomic E-state index is -0.237. The van der Waals surface area contributed by atoms with E-state index >= 15 is 0 Å². The zero-order valence-electron chi connectivity index (χ0n) is 12.3. The van der Waals surface area contributed by atoms with Crippen molar-refractivity contribution in [3.63, 3.8) is 0 Å². The van der Waals surface area contributed by atoms with Crippen LogP contribution in [0.25, 0.3) is 0 Å². The first-order chi connectivity index (χ1) is 10.6. The fourth-order valence-corrected chi connectivity index (χ4v) is 2.36. The van der Waals surface area contributed by atoms with Gasteiger partial charge in [0.15, 0.2) is 0 Å². The predicted octanol–water partition coefficient (Wildman–Crippen LogP) is 3.67. The molecule has 22 heavy (non-hydrogen) atoms. The van der Waals surface area contributed by atoms with Crippen LogP contribution >= 0.6 is 15.9 Å². The normalized spacial score (nSPS) is 10.3. The van der Waals surface area contributed by atoms with Gasteiger partial charge in [-0.2, -0.15) is 0 Å². The molecule has 2 rings (SSSR count). The van der Waals surface area contributed by atoms with E-state index in [1.54, 1.807) is 18.2 Å². The third-order valence-corrected chi connectivity index (χ3v) is 4.15. The standard InChI is InChI=1S/C17H18BrFN2O/c1-12-6-7-14(10-15(12)18)21-11-17(22)20-9-8-13-4-2-3-5-16(13)19/h2-7,10,21H,8-9,11H2,1H3,(H,20,22). The van der Waals surface area contributed by atoms with Gasteiger partial charge in [-0.1, -0.05) is 40.2 Å². The first kappa shape index (κ1) is 16.5. The van der Waals surface area contributed by atoms with Gasteiger partial charge in [0.05, 0.1) is 6.54 Å². The van der Waals surface area contributed by atoms with Gasteiger partial charge >= 0.3 is 0 Å². The van der Waals surface area contributed by atoms with E-state index in [9.17, 15) is 9.18 Å². The van der Waals surface area contributed by atoms with Crippen molar-refractivity contribution in [1.29, 1.82) is 0 Å². The number of hydrogen-bond donors (Lipinski definition) is 2. The molecule has 0 radical (unpaired) electrons. The van der Waals surface area contributed by atoms with E-state index in [1.807, 2.05) is 25.1 Å². The maximum atomic E-state index is 13.4. The first-order valence-corrected chi connectivity index (χ1v) is 7.85. The molecule has 2 N–H and O–H groups in total. The molecule has 0 aliphatic rings. The van der Waals surface area contributed by atoms with Crippen LogP contribution in [0.15, 0.2) is 46.9 Å². The van der Waals surface area contributed by atoms with Gasteiger partial charge in [-0.25, -0.2) is 4.39 Å². The van der Waals surface area contributed by atoms with E-state index < -0.39 is 0 Å². The van der Waals surface area contributed by atoms with Crippen molar-refractivity contribution in [3.05, 3.63) is 63.9 Å². The highest BCUT2D eigenvalue weighted by Gasteiger charge is 2.04. The number of anilines is 1. The predicted molar refractivity (Wildman–Crippen MR) is 90.5 cm³/mol. The summed E-state index contributed by atoms with van der Waals surface area (Å²) >= 11 is 3.45. The Morgan fingerprint density at radius 1 is 1.23 bits per heavy atom. The highest BCUT2D eigenvalue weighted by Crippen LogP contribution is 2.20. The fraction of sp³-hybridized carbons (Fsp3) is 0.235. The van der Waals surface area contributed by atoms with Gasteiger partial charge in [0.1, 0.15) is 5.82 Å². The average Bonchev–Trinajstić information content (AvgIpc) is 2.50. The van der Waals surface area contributed by atoms with Crippen molar-refractivity contribution in [1.82, 2.24) is 5.32 Å². The summed E-state index contributed by atoms with van der Waals surface area (Å²) in [5.41, 5.74) is 2.62. The van der Waals surface area contributed by atoms with Crippen molar-refractivity contribution in [2.24, 2.45) is 0 Å². The van der Waals surface area contributed by atoms with Crippen LogP contribution < -0.4 is 10.6 Å². The molecular formula is C17H18BrFN2O. The van der Waals surface area contributed by atoms with E-state index in [4.69, 9.17) is 0 Å². The summed E-state index contributed by atoms with van der Waals surface area (Å²) in [6.07, 6.45) is 0.481. The Labute approximate surface area is 138 Å². The van der Waals surface area contributed by atoms with E-state index in [2.05, 4.69) is 26.6 Å². The molecule has 0 fully saturated rings. The molecule has 0 saturated heterocycles. The zero-order chi connectivity index (χ0) is 15.9. The summed E-state index contributed by atoms with van der Waals surface area (Å²) in [5, 5.41) is 5.83. The van der Waals surface area contributed by atoms with Crippen LogP contribution in [-0.2, 0) is 11.2 Å².